The molecular weight excluding hydrogens is 282 g/mol. The molecule has 1 aromatic rings. The van der Waals surface area contributed by atoms with E-state index in [1.807, 2.05) is 32.0 Å². The van der Waals surface area contributed by atoms with Crippen LogP contribution in [-0.4, -0.2) is 56.6 Å². The first-order chi connectivity index (χ1) is 10.4. The second-order valence-corrected chi connectivity index (χ2v) is 6.02. The van der Waals surface area contributed by atoms with E-state index in [0.29, 0.717) is 19.7 Å². The molecule has 0 aliphatic carbocycles. The lowest BCUT2D eigenvalue weighted by Gasteiger charge is -2.29. The Morgan fingerprint density at radius 2 is 1.86 bits per heavy atom. The Labute approximate surface area is 133 Å². The molecule has 5 heteroatoms. The number of benzene rings is 1. The maximum Gasteiger partial charge on any atom is 0.165 e. The second kappa shape index (κ2) is 8.98. The Hall–Kier alpha value is -1.30. The van der Waals surface area contributed by atoms with Crippen LogP contribution in [0.15, 0.2) is 18.2 Å². The smallest absolute Gasteiger partial charge is 0.165 e. The van der Waals surface area contributed by atoms with E-state index in [1.54, 1.807) is 21.3 Å². The zero-order chi connectivity index (χ0) is 16.6. The topological polar surface area (TPSA) is 51.2 Å². The summed E-state index contributed by atoms with van der Waals surface area (Å²) >= 11 is 0. The summed E-state index contributed by atoms with van der Waals surface area (Å²) in [4.78, 5) is 2.20. The van der Waals surface area contributed by atoms with E-state index in [0.717, 1.165) is 30.0 Å². The molecule has 1 N–H and O–H groups in total. The summed E-state index contributed by atoms with van der Waals surface area (Å²) in [5, 5.41) is 10.1. The van der Waals surface area contributed by atoms with Crippen molar-refractivity contribution in [3.05, 3.63) is 23.8 Å². The number of nitrogens with zero attached hydrogens (tertiary/aromatic N) is 1. The predicted octanol–water partition coefficient (Wildman–Crippen LogP) is 2.31. The molecule has 0 unspecified atom stereocenters. The van der Waals surface area contributed by atoms with Crippen LogP contribution in [0.3, 0.4) is 0 Å². The Morgan fingerprint density at radius 1 is 1.14 bits per heavy atom. The lowest BCUT2D eigenvalue weighted by molar-refractivity contribution is 0.0303. The van der Waals surface area contributed by atoms with Gasteiger partial charge in [0, 0.05) is 38.9 Å². The van der Waals surface area contributed by atoms with Gasteiger partial charge in [-0.2, -0.15) is 0 Å². The van der Waals surface area contributed by atoms with Crippen molar-refractivity contribution in [3.8, 4) is 11.5 Å². The highest BCUT2D eigenvalue weighted by atomic mass is 16.5. The molecule has 0 spiro atoms. The average Bonchev–Trinajstić information content (AvgIpc) is 2.45. The lowest BCUT2D eigenvalue weighted by atomic mass is 10.1. The van der Waals surface area contributed by atoms with E-state index < -0.39 is 5.60 Å². The molecule has 1 aromatic carbocycles. The van der Waals surface area contributed by atoms with Gasteiger partial charge in [0.25, 0.3) is 0 Å². The van der Waals surface area contributed by atoms with E-state index in [9.17, 15) is 5.11 Å². The van der Waals surface area contributed by atoms with E-state index in [4.69, 9.17) is 14.2 Å². The lowest BCUT2D eigenvalue weighted by Crippen LogP contribution is -2.39. The van der Waals surface area contributed by atoms with Crippen molar-refractivity contribution in [3.63, 3.8) is 0 Å². The quantitative estimate of drug-likeness (QED) is 0.672. The van der Waals surface area contributed by atoms with Gasteiger partial charge in [-0.1, -0.05) is 12.1 Å². The van der Waals surface area contributed by atoms with Crippen LogP contribution < -0.4 is 9.47 Å². The SMILES string of the molecule is COCCCN(Cc1cccc(OC)c1OC)CC(C)(C)O. The summed E-state index contributed by atoms with van der Waals surface area (Å²) in [7, 11) is 4.98. The molecule has 0 atom stereocenters. The predicted molar refractivity (Wildman–Crippen MR) is 87.6 cm³/mol. The molecule has 5 nitrogen and oxygen atoms in total. The molecule has 1 rings (SSSR count). The van der Waals surface area contributed by atoms with Crippen molar-refractivity contribution in [2.75, 3.05) is 41.0 Å². The number of para-hydroxylation sites is 1. The minimum atomic E-state index is -0.751. The van der Waals surface area contributed by atoms with E-state index in [-0.39, 0.29) is 0 Å². The standard InChI is InChI=1S/C17H29NO4/c1-17(2,19)13-18(10-7-11-20-3)12-14-8-6-9-15(21-4)16(14)22-5/h6,8-9,19H,7,10-13H2,1-5H3. The van der Waals surface area contributed by atoms with Crippen LogP contribution in [0.4, 0.5) is 0 Å². The van der Waals surface area contributed by atoms with Gasteiger partial charge in [-0.05, 0) is 26.3 Å². The number of methoxy groups -OCH3 is 3. The fraction of sp³-hybridized carbons (Fsp3) is 0.647. The van der Waals surface area contributed by atoms with Gasteiger partial charge in [0.1, 0.15) is 0 Å². The van der Waals surface area contributed by atoms with Crippen molar-refractivity contribution in [1.82, 2.24) is 4.90 Å². The van der Waals surface area contributed by atoms with Crippen molar-refractivity contribution >= 4 is 0 Å². The highest BCUT2D eigenvalue weighted by Crippen LogP contribution is 2.31. The van der Waals surface area contributed by atoms with Gasteiger partial charge in [0.15, 0.2) is 11.5 Å². The van der Waals surface area contributed by atoms with Crippen molar-refractivity contribution < 1.29 is 19.3 Å². The molecule has 0 bridgehead atoms. The van der Waals surface area contributed by atoms with Gasteiger partial charge in [0.05, 0.1) is 19.8 Å². The maximum atomic E-state index is 10.1. The van der Waals surface area contributed by atoms with Gasteiger partial charge in [-0.3, -0.25) is 4.90 Å². The van der Waals surface area contributed by atoms with Crippen LogP contribution in [0, 0.1) is 0 Å². The average molecular weight is 311 g/mol. The highest BCUT2D eigenvalue weighted by Gasteiger charge is 2.20. The monoisotopic (exact) mass is 311 g/mol. The van der Waals surface area contributed by atoms with Crippen LogP contribution in [0.1, 0.15) is 25.8 Å². The van der Waals surface area contributed by atoms with Gasteiger partial charge in [0.2, 0.25) is 0 Å². The summed E-state index contributed by atoms with van der Waals surface area (Å²) in [6.45, 7) is 6.46. The van der Waals surface area contributed by atoms with Crippen LogP contribution >= 0.6 is 0 Å². The van der Waals surface area contributed by atoms with Crippen LogP contribution in [0.2, 0.25) is 0 Å². The summed E-state index contributed by atoms with van der Waals surface area (Å²) in [5.74, 6) is 1.47. The third-order valence-electron chi connectivity index (χ3n) is 3.31. The Kier molecular flexibility index (Phi) is 7.65. The fourth-order valence-electron chi connectivity index (χ4n) is 2.51. The van der Waals surface area contributed by atoms with Crippen LogP contribution in [0.5, 0.6) is 11.5 Å². The van der Waals surface area contributed by atoms with Crippen molar-refractivity contribution in [1.29, 1.82) is 0 Å². The Bertz CT molecular complexity index is 443. The molecule has 22 heavy (non-hydrogen) atoms. The summed E-state index contributed by atoms with van der Waals surface area (Å²) in [6.07, 6.45) is 0.916. The molecule has 0 aromatic heterocycles. The minimum absolute atomic E-state index is 0.580. The van der Waals surface area contributed by atoms with Crippen LogP contribution in [-0.2, 0) is 11.3 Å². The van der Waals surface area contributed by atoms with Crippen molar-refractivity contribution in [2.45, 2.75) is 32.4 Å². The zero-order valence-corrected chi connectivity index (χ0v) is 14.4. The van der Waals surface area contributed by atoms with E-state index >= 15 is 0 Å². The molecule has 0 aliphatic rings. The molecule has 0 aliphatic heterocycles. The van der Waals surface area contributed by atoms with Gasteiger partial charge in [-0.15, -0.1) is 0 Å². The number of hydrogen-bond acceptors (Lipinski definition) is 5. The normalized spacial score (nSPS) is 11.8. The summed E-state index contributed by atoms with van der Waals surface area (Å²) < 4.78 is 16.0. The summed E-state index contributed by atoms with van der Waals surface area (Å²) in [6, 6.07) is 5.86. The minimum Gasteiger partial charge on any atom is -0.493 e. The first-order valence-corrected chi connectivity index (χ1v) is 7.55. The molecule has 0 saturated carbocycles. The summed E-state index contributed by atoms with van der Waals surface area (Å²) in [5.41, 5.74) is 0.294. The first kappa shape index (κ1) is 18.7. The largest absolute Gasteiger partial charge is 0.493 e. The van der Waals surface area contributed by atoms with Gasteiger partial charge in [-0.25, -0.2) is 0 Å². The van der Waals surface area contributed by atoms with Gasteiger partial charge >= 0.3 is 0 Å². The number of ether oxygens (including phenoxy) is 3. The van der Waals surface area contributed by atoms with Crippen LogP contribution in [0.25, 0.3) is 0 Å². The Morgan fingerprint density at radius 3 is 2.41 bits per heavy atom. The second-order valence-electron chi connectivity index (χ2n) is 6.02. The molecule has 0 fully saturated rings. The molecule has 126 valence electrons. The molecule has 0 radical (unpaired) electrons. The number of hydrogen-bond donors (Lipinski definition) is 1. The van der Waals surface area contributed by atoms with E-state index in [2.05, 4.69) is 4.90 Å². The highest BCUT2D eigenvalue weighted by molar-refractivity contribution is 5.46. The Balaban J connectivity index is 2.88. The molecule has 0 amide bonds. The molecule has 0 heterocycles. The third-order valence-corrected chi connectivity index (χ3v) is 3.31. The van der Waals surface area contributed by atoms with Gasteiger partial charge < -0.3 is 19.3 Å². The van der Waals surface area contributed by atoms with E-state index in [1.165, 1.54) is 0 Å². The number of rotatable bonds is 10. The number of aliphatic hydroxyl groups is 1. The molecule has 0 saturated heterocycles. The zero-order valence-electron chi connectivity index (χ0n) is 14.4. The third kappa shape index (κ3) is 6.22. The fourth-order valence-corrected chi connectivity index (χ4v) is 2.51. The first-order valence-electron chi connectivity index (χ1n) is 7.55. The molecular formula is C17H29NO4. The maximum absolute atomic E-state index is 10.1. The van der Waals surface area contributed by atoms with Crippen molar-refractivity contribution in [2.24, 2.45) is 0 Å².